The summed E-state index contributed by atoms with van der Waals surface area (Å²) >= 11 is 0. The summed E-state index contributed by atoms with van der Waals surface area (Å²) in [5, 5.41) is 8.38. The second-order valence-electron chi connectivity index (χ2n) is 9.92. The van der Waals surface area contributed by atoms with Gasteiger partial charge in [0.25, 0.3) is 0 Å². The van der Waals surface area contributed by atoms with E-state index in [-0.39, 0.29) is 0 Å². The number of nitrogens with zero attached hydrogens (tertiary/aromatic N) is 1. The molecule has 40 heavy (non-hydrogen) atoms. The summed E-state index contributed by atoms with van der Waals surface area (Å²) in [5.41, 5.74) is 8.02. The Kier molecular flexibility index (Phi) is 6.20. The highest BCUT2D eigenvalue weighted by Crippen LogP contribution is 2.44. The highest BCUT2D eigenvalue weighted by Gasteiger charge is 2.18. The summed E-state index contributed by atoms with van der Waals surface area (Å²) in [6.45, 7) is 0. The lowest BCUT2D eigenvalue weighted by Gasteiger charge is -2.28. The van der Waals surface area contributed by atoms with Crippen molar-refractivity contribution in [2.75, 3.05) is 10.2 Å². The molecule has 7 aromatic carbocycles. The average molecular weight is 513 g/mol. The van der Waals surface area contributed by atoms with Gasteiger partial charge in [-0.15, -0.1) is 0 Å². The van der Waals surface area contributed by atoms with Crippen LogP contribution in [0.15, 0.2) is 164 Å². The molecule has 7 rings (SSSR count). The third-order valence-corrected chi connectivity index (χ3v) is 7.42. The summed E-state index contributed by atoms with van der Waals surface area (Å²) < 4.78 is 0. The molecule has 2 nitrogen and oxygen atoms in total. The number of hydrogen-bond acceptors (Lipinski definition) is 2. The lowest BCUT2D eigenvalue weighted by Crippen LogP contribution is -2.11. The van der Waals surface area contributed by atoms with Gasteiger partial charge in [0.15, 0.2) is 0 Å². The number of para-hydroxylation sites is 2. The Hall–Kier alpha value is -5.34. The maximum Gasteiger partial charge on any atom is 0.0540 e. The van der Waals surface area contributed by atoms with E-state index in [1.165, 1.54) is 38.4 Å². The molecule has 0 heterocycles. The van der Waals surface area contributed by atoms with Crippen LogP contribution in [0.4, 0.5) is 28.4 Å². The van der Waals surface area contributed by atoms with Crippen LogP contribution in [-0.4, -0.2) is 0 Å². The van der Waals surface area contributed by atoms with Crippen LogP contribution in [0.1, 0.15) is 0 Å². The molecule has 0 aliphatic heterocycles. The first-order valence-electron chi connectivity index (χ1n) is 13.6. The summed E-state index contributed by atoms with van der Waals surface area (Å²) in [5.74, 6) is 0. The summed E-state index contributed by atoms with van der Waals surface area (Å²) in [7, 11) is 0. The van der Waals surface area contributed by atoms with Crippen molar-refractivity contribution >= 4 is 50.0 Å². The van der Waals surface area contributed by atoms with Crippen LogP contribution in [0, 0.1) is 0 Å². The Morgan fingerprint density at radius 2 is 0.950 bits per heavy atom. The van der Waals surface area contributed by atoms with Crippen LogP contribution < -0.4 is 10.2 Å². The Morgan fingerprint density at radius 3 is 1.73 bits per heavy atom. The lowest BCUT2D eigenvalue weighted by atomic mass is 9.96. The zero-order chi connectivity index (χ0) is 26.7. The quantitative estimate of drug-likeness (QED) is 0.238. The molecule has 190 valence electrons. The lowest BCUT2D eigenvalue weighted by molar-refractivity contribution is 1.31. The first kappa shape index (κ1) is 23.8. The molecule has 0 aromatic heterocycles. The molecule has 0 saturated heterocycles. The van der Waals surface area contributed by atoms with Crippen molar-refractivity contribution in [3.63, 3.8) is 0 Å². The van der Waals surface area contributed by atoms with Gasteiger partial charge in [0.1, 0.15) is 0 Å². The molecule has 0 bridgehead atoms. The van der Waals surface area contributed by atoms with Crippen LogP contribution in [-0.2, 0) is 0 Å². The van der Waals surface area contributed by atoms with E-state index in [9.17, 15) is 0 Å². The first-order valence-corrected chi connectivity index (χ1v) is 13.6. The summed E-state index contributed by atoms with van der Waals surface area (Å²) in [6.07, 6.45) is 0. The van der Waals surface area contributed by atoms with Crippen molar-refractivity contribution < 1.29 is 0 Å². The molecule has 0 fully saturated rings. The Balaban J connectivity index is 1.36. The van der Waals surface area contributed by atoms with E-state index < -0.39 is 0 Å². The third-order valence-electron chi connectivity index (χ3n) is 7.42. The van der Waals surface area contributed by atoms with Gasteiger partial charge in [0.05, 0.1) is 11.4 Å². The SMILES string of the molecule is c1ccc(Nc2ccc(-c3ccc(N(c4ccccc4)c4cccc5ccccc45)c4ccccc34)cc2)cc1. The van der Waals surface area contributed by atoms with Crippen molar-refractivity contribution in [2.24, 2.45) is 0 Å². The maximum atomic E-state index is 3.49. The fourth-order valence-corrected chi connectivity index (χ4v) is 5.54. The van der Waals surface area contributed by atoms with E-state index in [0.29, 0.717) is 0 Å². The molecule has 0 spiro atoms. The molecule has 0 saturated carbocycles. The molecule has 0 radical (unpaired) electrons. The van der Waals surface area contributed by atoms with Gasteiger partial charge < -0.3 is 10.2 Å². The minimum absolute atomic E-state index is 1.07. The Bertz CT molecular complexity index is 1900. The zero-order valence-corrected chi connectivity index (χ0v) is 22.0. The molecule has 0 aliphatic carbocycles. The second kappa shape index (κ2) is 10.4. The zero-order valence-electron chi connectivity index (χ0n) is 22.0. The van der Waals surface area contributed by atoms with Gasteiger partial charge in [0, 0.05) is 27.8 Å². The number of rotatable bonds is 6. The summed E-state index contributed by atoms with van der Waals surface area (Å²) in [4.78, 5) is 2.39. The van der Waals surface area contributed by atoms with E-state index in [4.69, 9.17) is 0 Å². The largest absolute Gasteiger partial charge is 0.356 e. The van der Waals surface area contributed by atoms with Gasteiger partial charge in [-0.2, -0.15) is 0 Å². The topological polar surface area (TPSA) is 15.3 Å². The molecule has 2 heteroatoms. The fraction of sp³-hybridized carbons (Fsp3) is 0. The van der Waals surface area contributed by atoms with Gasteiger partial charge in [-0.05, 0) is 70.4 Å². The number of benzene rings is 7. The van der Waals surface area contributed by atoms with E-state index >= 15 is 0 Å². The van der Waals surface area contributed by atoms with E-state index in [1.807, 2.05) is 18.2 Å². The highest BCUT2D eigenvalue weighted by atomic mass is 15.1. The molecule has 0 aliphatic rings. The normalized spacial score (nSPS) is 11.0. The van der Waals surface area contributed by atoms with Crippen LogP contribution in [0.25, 0.3) is 32.7 Å². The molecule has 0 amide bonds. The third kappa shape index (κ3) is 4.46. The van der Waals surface area contributed by atoms with Crippen molar-refractivity contribution in [1.82, 2.24) is 0 Å². The van der Waals surface area contributed by atoms with Crippen molar-refractivity contribution in [1.29, 1.82) is 0 Å². The molecular formula is C38H28N2. The van der Waals surface area contributed by atoms with E-state index in [0.717, 1.165) is 22.7 Å². The smallest absolute Gasteiger partial charge is 0.0540 e. The highest BCUT2D eigenvalue weighted by molar-refractivity contribution is 6.08. The summed E-state index contributed by atoms with van der Waals surface area (Å²) in [6, 6.07) is 58.0. The standard InChI is InChI=1S/C38H28N2/c1-3-14-30(15-4-1)39-31-24-22-29(23-25-31)33-26-27-38(36-20-10-9-19-35(33)36)40(32-16-5-2-6-17-32)37-21-11-13-28-12-7-8-18-34(28)37/h1-27,39H. The minimum Gasteiger partial charge on any atom is -0.356 e. The van der Waals surface area contributed by atoms with Crippen LogP contribution in [0.5, 0.6) is 0 Å². The predicted molar refractivity (Wildman–Crippen MR) is 171 cm³/mol. The minimum atomic E-state index is 1.07. The number of anilines is 5. The maximum absolute atomic E-state index is 3.49. The number of nitrogens with one attached hydrogen (secondary N) is 1. The molecular weight excluding hydrogens is 484 g/mol. The van der Waals surface area contributed by atoms with Gasteiger partial charge in [-0.3, -0.25) is 0 Å². The average Bonchev–Trinajstić information content (AvgIpc) is 3.03. The van der Waals surface area contributed by atoms with Gasteiger partial charge in [-0.1, -0.05) is 115 Å². The molecule has 1 N–H and O–H groups in total. The van der Waals surface area contributed by atoms with Gasteiger partial charge >= 0.3 is 0 Å². The Morgan fingerprint density at radius 1 is 0.375 bits per heavy atom. The van der Waals surface area contributed by atoms with Crippen LogP contribution >= 0.6 is 0 Å². The number of fused-ring (bicyclic) bond motifs is 2. The van der Waals surface area contributed by atoms with Crippen molar-refractivity contribution in [3.05, 3.63) is 164 Å². The first-order chi connectivity index (χ1) is 19.8. The fourth-order valence-electron chi connectivity index (χ4n) is 5.54. The molecule has 0 atom stereocenters. The van der Waals surface area contributed by atoms with Gasteiger partial charge in [0.2, 0.25) is 0 Å². The van der Waals surface area contributed by atoms with E-state index in [1.54, 1.807) is 0 Å². The monoisotopic (exact) mass is 512 g/mol. The van der Waals surface area contributed by atoms with Crippen molar-refractivity contribution in [3.8, 4) is 11.1 Å². The number of hydrogen-bond donors (Lipinski definition) is 1. The molecule has 7 aromatic rings. The Labute approximate surface area is 234 Å². The van der Waals surface area contributed by atoms with Gasteiger partial charge in [-0.25, -0.2) is 0 Å². The molecule has 0 unspecified atom stereocenters. The second-order valence-corrected chi connectivity index (χ2v) is 9.92. The van der Waals surface area contributed by atoms with Crippen LogP contribution in [0.2, 0.25) is 0 Å². The van der Waals surface area contributed by atoms with Crippen molar-refractivity contribution in [2.45, 2.75) is 0 Å². The predicted octanol–water partition coefficient (Wildman–Crippen LogP) is 10.9. The van der Waals surface area contributed by atoms with Crippen LogP contribution in [0.3, 0.4) is 0 Å². The van der Waals surface area contributed by atoms with E-state index in [2.05, 4.69) is 156 Å².